The van der Waals surface area contributed by atoms with Gasteiger partial charge in [0.1, 0.15) is 5.54 Å². The molecule has 1 aliphatic heterocycles. The maximum Gasteiger partial charge on any atom is 0.248 e. The summed E-state index contributed by atoms with van der Waals surface area (Å²) in [6.07, 6.45) is 2.05. The van der Waals surface area contributed by atoms with Crippen molar-refractivity contribution in [3.05, 3.63) is 0 Å². The minimum atomic E-state index is -0.695. The number of hydrogen-bond donors (Lipinski definition) is 1. The van der Waals surface area contributed by atoms with Crippen LogP contribution in [0.1, 0.15) is 19.8 Å². The Hall–Kier alpha value is -1.14. The predicted molar refractivity (Wildman–Crippen MR) is 75.2 cm³/mol. The summed E-state index contributed by atoms with van der Waals surface area (Å²) in [6, 6.07) is 0. The van der Waals surface area contributed by atoms with Gasteiger partial charge in [0, 0.05) is 13.1 Å². The zero-order valence-electron chi connectivity index (χ0n) is 12.6. The largest absolute Gasteiger partial charge is 0.378 e. The molecule has 1 unspecified atom stereocenters. The summed E-state index contributed by atoms with van der Waals surface area (Å²) in [5, 5.41) is 2.87. The van der Waals surface area contributed by atoms with Gasteiger partial charge in [0.25, 0.3) is 0 Å². The van der Waals surface area contributed by atoms with E-state index in [0.29, 0.717) is 25.7 Å². The number of piperazine rings is 1. The molecule has 1 saturated heterocycles. The third kappa shape index (κ3) is 3.49. The second-order valence-corrected chi connectivity index (χ2v) is 6.17. The monoisotopic (exact) mass is 283 g/mol. The van der Waals surface area contributed by atoms with E-state index in [4.69, 9.17) is 4.74 Å². The maximum atomic E-state index is 12.5. The van der Waals surface area contributed by atoms with E-state index in [1.807, 2.05) is 25.9 Å². The Balaban J connectivity index is 1.81. The molecule has 2 amide bonds. The van der Waals surface area contributed by atoms with Gasteiger partial charge in [-0.05, 0) is 39.8 Å². The molecule has 1 atom stereocenters. The summed E-state index contributed by atoms with van der Waals surface area (Å²) >= 11 is 0. The number of hydrogen-bond acceptors (Lipinski definition) is 4. The predicted octanol–water partition coefficient (Wildman–Crippen LogP) is -0.308. The number of rotatable bonds is 7. The Morgan fingerprint density at radius 1 is 1.35 bits per heavy atom. The third-order valence-electron chi connectivity index (χ3n) is 4.05. The molecule has 0 spiro atoms. The van der Waals surface area contributed by atoms with Crippen molar-refractivity contribution >= 4 is 11.8 Å². The molecule has 1 heterocycles. The van der Waals surface area contributed by atoms with E-state index in [1.165, 1.54) is 0 Å². The number of nitrogens with zero attached hydrogens (tertiary/aromatic N) is 2. The van der Waals surface area contributed by atoms with Crippen molar-refractivity contribution in [3.63, 3.8) is 0 Å². The first-order valence-electron chi connectivity index (χ1n) is 7.26. The summed E-state index contributed by atoms with van der Waals surface area (Å²) in [7, 11) is 3.98. The van der Waals surface area contributed by atoms with Gasteiger partial charge in [0.2, 0.25) is 11.8 Å². The van der Waals surface area contributed by atoms with E-state index < -0.39 is 5.54 Å². The van der Waals surface area contributed by atoms with E-state index in [-0.39, 0.29) is 18.4 Å². The molecule has 0 radical (unpaired) electrons. The zero-order chi connectivity index (χ0) is 14.8. The normalized spacial score (nSPS) is 27.1. The summed E-state index contributed by atoms with van der Waals surface area (Å²) in [5.41, 5.74) is -0.695. The molecule has 2 fully saturated rings. The fourth-order valence-electron chi connectivity index (χ4n) is 2.60. The fourth-order valence-corrected chi connectivity index (χ4v) is 2.60. The van der Waals surface area contributed by atoms with Crippen LogP contribution >= 0.6 is 0 Å². The van der Waals surface area contributed by atoms with E-state index in [0.717, 1.165) is 19.4 Å². The van der Waals surface area contributed by atoms with Gasteiger partial charge in [-0.15, -0.1) is 0 Å². The average Bonchev–Trinajstić information content (AvgIpc) is 3.18. The van der Waals surface area contributed by atoms with Crippen LogP contribution in [0.5, 0.6) is 0 Å². The molecule has 114 valence electrons. The van der Waals surface area contributed by atoms with Crippen molar-refractivity contribution in [1.29, 1.82) is 0 Å². The van der Waals surface area contributed by atoms with Crippen LogP contribution in [0.3, 0.4) is 0 Å². The summed E-state index contributed by atoms with van der Waals surface area (Å²) in [5.74, 6) is 0.277. The van der Waals surface area contributed by atoms with Gasteiger partial charge in [-0.25, -0.2) is 0 Å². The summed E-state index contributed by atoms with van der Waals surface area (Å²) in [4.78, 5) is 28.0. The van der Waals surface area contributed by atoms with Crippen LogP contribution in [0.15, 0.2) is 0 Å². The van der Waals surface area contributed by atoms with Crippen molar-refractivity contribution in [2.45, 2.75) is 25.3 Å². The van der Waals surface area contributed by atoms with E-state index in [1.54, 1.807) is 4.90 Å². The van der Waals surface area contributed by atoms with Crippen molar-refractivity contribution in [2.75, 3.05) is 46.9 Å². The molecular formula is C14H25N3O3. The molecule has 0 bridgehead atoms. The highest BCUT2D eigenvalue weighted by Crippen LogP contribution is 2.41. The van der Waals surface area contributed by atoms with E-state index in [9.17, 15) is 9.59 Å². The number of carbonyl (C=O) groups excluding carboxylic acids is 2. The van der Waals surface area contributed by atoms with Gasteiger partial charge < -0.3 is 19.9 Å². The first-order chi connectivity index (χ1) is 9.43. The lowest BCUT2D eigenvalue weighted by Crippen LogP contribution is -2.66. The number of amides is 2. The Morgan fingerprint density at radius 3 is 2.65 bits per heavy atom. The molecule has 6 heteroatoms. The van der Waals surface area contributed by atoms with Crippen molar-refractivity contribution < 1.29 is 14.3 Å². The Kier molecular flexibility index (Phi) is 4.65. The zero-order valence-corrected chi connectivity index (χ0v) is 12.6. The van der Waals surface area contributed by atoms with Crippen LogP contribution in [0.25, 0.3) is 0 Å². The lowest BCUT2D eigenvalue weighted by Gasteiger charge is -2.40. The second kappa shape index (κ2) is 6.10. The van der Waals surface area contributed by atoms with E-state index in [2.05, 4.69) is 5.32 Å². The molecule has 0 aromatic carbocycles. The topological polar surface area (TPSA) is 61.9 Å². The highest BCUT2D eigenvalue weighted by Gasteiger charge is 2.52. The smallest absolute Gasteiger partial charge is 0.248 e. The molecule has 2 aliphatic rings. The lowest BCUT2D eigenvalue weighted by atomic mass is 9.91. The first-order valence-corrected chi connectivity index (χ1v) is 7.26. The SMILES string of the molecule is CN(C)CCOCCN1CC(=O)NC(C)(C2CC2)C1=O. The van der Waals surface area contributed by atoms with Gasteiger partial charge in [-0.1, -0.05) is 0 Å². The van der Waals surface area contributed by atoms with Gasteiger partial charge >= 0.3 is 0 Å². The van der Waals surface area contributed by atoms with Crippen LogP contribution in [-0.2, 0) is 14.3 Å². The van der Waals surface area contributed by atoms with Gasteiger partial charge in [-0.3, -0.25) is 9.59 Å². The molecule has 0 aromatic rings. The van der Waals surface area contributed by atoms with E-state index >= 15 is 0 Å². The lowest BCUT2D eigenvalue weighted by molar-refractivity contribution is -0.150. The average molecular weight is 283 g/mol. The molecule has 1 aliphatic carbocycles. The van der Waals surface area contributed by atoms with Gasteiger partial charge in [-0.2, -0.15) is 0 Å². The Labute approximate surface area is 120 Å². The van der Waals surface area contributed by atoms with Crippen LogP contribution in [0.4, 0.5) is 0 Å². The molecule has 6 nitrogen and oxygen atoms in total. The summed E-state index contributed by atoms with van der Waals surface area (Å²) < 4.78 is 5.51. The van der Waals surface area contributed by atoms with Crippen molar-refractivity contribution in [1.82, 2.24) is 15.1 Å². The minimum Gasteiger partial charge on any atom is -0.378 e. The summed E-state index contributed by atoms with van der Waals surface area (Å²) in [6.45, 7) is 4.47. The standard InChI is InChI=1S/C14H25N3O3/c1-14(11-4-5-11)13(19)17(10-12(18)15-14)7-9-20-8-6-16(2)3/h11H,4-10H2,1-3H3,(H,15,18). The van der Waals surface area contributed by atoms with Crippen molar-refractivity contribution in [3.8, 4) is 0 Å². The van der Waals surface area contributed by atoms with Gasteiger partial charge in [0.05, 0.1) is 19.8 Å². The molecule has 20 heavy (non-hydrogen) atoms. The first kappa shape index (κ1) is 15.3. The number of ether oxygens (including phenoxy) is 1. The van der Waals surface area contributed by atoms with Crippen LogP contribution in [0, 0.1) is 5.92 Å². The fraction of sp³-hybridized carbons (Fsp3) is 0.857. The number of likely N-dealkylation sites (N-methyl/N-ethyl adjacent to an activating group) is 1. The Morgan fingerprint density at radius 2 is 2.05 bits per heavy atom. The quantitative estimate of drug-likeness (QED) is 0.651. The highest BCUT2D eigenvalue weighted by molar-refractivity contribution is 5.98. The minimum absolute atomic E-state index is 0.0378. The van der Waals surface area contributed by atoms with Crippen molar-refractivity contribution in [2.24, 2.45) is 5.92 Å². The molecular weight excluding hydrogens is 258 g/mol. The van der Waals surface area contributed by atoms with Crippen LogP contribution in [0.2, 0.25) is 0 Å². The second-order valence-electron chi connectivity index (χ2n) is 6.17. The number of nitrogens with one attached hydrogen (secondary N) is 1. The number of carbonyl (C=O) groups is 2. The van der Waals surface area contributed by atoms with Gasteiger partial charge in [0.15, 0.2) is 0 Å². The molecule has 1 N–H and O–H groups in total. The van der Waals surface area contributed by atoms with Crippen LogP contribution in [-0.4, -0.2) is 74.1 Å². The molecule has 0 aromatic heterocycles. The molecule has 1 saturated carbocycles. The highest BCUT2D eigenvalue weighted by atomic mass is 16.5. The van der Waals surface area contributed by atoms with Crippen LogP contribution < -0.4 is 5.32 Å². The third-order valence-corrected chi connectivity index (χ3v) is 4.05. The Bertz CT molecular complexity index is 382. The maximum absolute atomic E-state index is 12.5. The molecule has 2 rings (SSSR count).